The van der Waals surface area contributed by atoms with Gasteiger partial charge in [-0.15, -0.1) is 0 Å². The van der Waals surface area contributed by atoms with Crippen molar-refractivity contribution in [2.75, 3.05) is 44.2 Å². The van der Waals surface area contributed by atoms with E-state index in [9.17, 15) is 14.3 Å². The van der Waals surface area contributed by atoms with E-state index in [2.05, 4.69) is 27.1 Å². The van der Waals surface area contributed by atoms with E-state index in [0.717, 1.165) is 23.6 Å². The number of hydrogen-bond donors (Lipinski definition) is 2. The molecule has 1 aromatic carbocycles. The number of rotatable bonds is 7. The summed E-state index contributed by atoms with van der Waals surface area (Å²) in [5.41, 5.74) is 2.40. The number of anilines is 1. The lowest BCUT2D eigenvalue weighted by Gasteiger charge is -2.38. The Labute approximate surface area is 217 Å². The highest BCUT2D eigenvalue weighted by Crippen LogP contribution is 2.42. The Morgan fingerprint density at radius 1 is 1.22 bits per heavy atom. The lowest BCUT2D eigenvalue weighted by molar-refractivity contribution is -0.133. The van der Waals surface area contributed by atoms with Crippen LogP contribution < -0.4 is 10.2 Å². The maximum Gasteiger partial charge on any atom is 0.231 e. The third-order valence-corrected chi connectivity index (χ3v) is 8.38. The molecular formula is C27H35ClFN5O2. The summed E-state index contributed by atoms with van der Waals surface area (Å²) in [5.74, 6) is 0.755. The van der Waals surface area contributed by atoms with Crippen LogP contribution in [0.15, 0.2) is 24.5 Å². The van der Waals surface area contributed by atoms with Crippen LogP contribution in [0.5, 0.6) is 0 Å². The largest absolute Gasteiger partial charge is 0.387 e. The predicted molar refractivity (Wildman–Crippen MR) is 138 cm³/mol. The summed E-state index contributed by atoms with van der Waals surface area (Å²) in [5, 5.41) is 13.9. The summed E-state index contributed by atoms with van der Waals surface area (Å²) in [6.45, 7) is 5.87. The Kier molecular flexibility index (Phi) is 7.74. The van der Waals surface area contributed by atoms with Crippen molar-refractivity contribution < 1.29 is 14.3 Å². The van der Waals surface area contributed by atoms with E-state index in [0.29, 0.717) is 50.6 Å². The van der Waals surface area contributed by atoms with Crippen LogP contribution in [0.3, 0.4) is 0 Å². The van der Waals surface area contributed by atoms with Gasteiger partial charge in [-0.2, -0.15) is 0 Å². The van der Waals surface area contributed by atoms with Crippen molar-refractivity contribution in [1.29, 1.82) is 0 Å². The molecule has 0 radical (unpaired) electrons. The highest BCUT2D eigenvalue weighted by molar-refractivity contribution is 6.30. The van der Waals surface area contributed by atoms with Gasteiger partial charge in [0, 0.05) is 38.3 Å². The average molecular weight is 516 g/mol. The van der Waals surface area contributed by atoms with Crippen molar-refractivity contribution in [3.05, 3.63) is 52.2 Å². The smallest absolute Gasteiger partial charge is 0.231 e. The van der Waals surface area contributed by atoms with Gasteiger partial charge in [-0.1, -0.05) is 37.4 Å². The molecule has 2 N–H and O–H groups in total. The van der Waals surface area contributed by atoms with Crippen LogP contribution in [0.4, 0.5) is 10.2 Å². The van der Waals surface area contributed by atoms with Crippen LogP contribution in [-0.2, 0) is 4.79 Å². The quantitative estimate of drug-likeness (QED) is 0.579. The normalized spacial score (nSPS) is 23.2. The number of carbonyl (C=O) groups is 1. The lowest BCUT2D eigenvalue weighted by atomic mass is 9.96. The summed E-state index contributed by atoms with van der Waals surface area (Å²) in [7, 11) is 0. The fourth-order valence-corrected chi connectivity index (χ4v) is 6.15. The van der Waals surface area contributed by atoms with Gasteiger partial charge in [0.15, 0.2) is 0 Å². The number of aromatic nitrogens is 2. The van der Waals surface area contributed by atoms with E-state index in [4.69, 9.17) is 11.6 Å². The number of benzene rings is 1. The molecule has 2 aliphatic carbocycles. The molecule has 1 unspecified atom stereocenters. The molecule has 7 nitrogen and oxygen atoms in total. The molecule has 3 aliphatic rings. The van der Waals surface area contributed by atoms with Gasteiger partial charge in [-0.25, -0.2) is 14.4 Å². The number of hydrogen-bond acceptors (Lipinski definition) is 6. The van der Waals surface area contributed by atoms with E-state index >= 15 is 0 Å². The molecule has 1 saturated heterocycles. The summed E-state index contributed by atoms with van der Waals surface area (Å²) >= 11 is 5.92. The Morgan fingerprint density at radius 2 is 1.97 bits per heavy atom. The molecule has 194 valence electrons. The van der Waals surface area contributed by atoms with Crippen molar-refractivity contribution >= 4 is 23.3 Å². The van der Waals surface area contributed by atoms with Crippen LogP contribution in [0, 0.1) is 11.7 Å². The molecule has 0 spiro atoms. The Balaban J connectivity index is 1.27. The minimum atomic E-state index is -0.545. The number of aliphatic hydroxyl groups excluding tert-OH is 1. The van der Waals surface area contributed by atoms with Crippen molar-refractivity contribution in [3.63, 3.8) is 0 Å². The van der Waals surface area contributed by atoms with Gasteiger partial charge in [-0.05, 0) is 55.3 Å². The van der Waals surface area contributed by atoms with Gasteiger partial charge in [-0.3, -0.25) is 4.79 Å². The third-order valence-electron chi connectivity index (χ3n) is 8.07. The number of aliphatic hydroxyl groups is 1. The molecule has 1 aromatic heterocycles. The number of piperazine rings is 1. The standard InChI is InChI=1S/C27H35ClFN5O2/c1-17-12-23(35)25-24(17)26(32-16-31-25)33-8-10-34(11-9-33)27(36)20(15-30-14-18-4-2-3-5-18)19-6-7-21(28)22(29)13-19/h6-7,13,16-18,20,23,30,35H,2-5,8-12,14-15H2,1H3/t17-,20?,23-/m1/s1. The van der Waals surface area contributed by atoms with Crippen LogP contribution in [-0.4, -0.2) is 65.2 Å². The van der Waals surface area contributed by atoms with Gasteiger partial charge >= 0.3 is 0 Å². The molecule has 36 heavy (non-hydrogen) atoms. The fraction of sp³-hybridized carbons (Fsp3) is 0.593. The highest BCUT2D eigenvalue weighted by Gasteiger charge is 2.35. The van der Waals surface area contributed by atoms with E-state index in [-0.39, 0.29) is 16.8 Å². The van der Waals surface area contributed by atoms with Gasteiger partial charge < -0.3 is 20.2 Å². The van der Waals surface area contributed by atoms with E-state index in [1.807, 2.05) is 4.90 Å². The second-order valence-electron chi connectivity index (χ2n) is 10.5. The zero-order valence-electron chi connectivity index (χ0n) is 20.8. The number of amides is 1. The Hall–Kier alpha value is -2.29. The topological polar surface area (TPSA) is 81.6 Å². The van der Waals surface area contributed by atoms with Crippen LogP contribution >= 0.6 is 11.6 Å². The number of nitrogens with zero attached hydrogens (tertiary/aromatic N) is 4. The molecule has 1 saturated carbocycles. The molecule has 2 heterocycles. The minimum absolute atomic E-state index is 0.00648. The number of carbonyl (C=O) groups excluding carboxylic acids is 1. The van der Waals surface area contributed by atoms with Gasteiger partial charge in [0.05, 0.1) is 22.7 Å². The third kappa shape index (κ3) is 5.22. The van der Waals surface area contributed by atoms with E-state index in [1.54, 1.807) is 6.07 Å². The van der Waals surface area contributed by atoms with Crippen molar-refractivity contribution in [1.82, 2.24) is 20.2 Å². The maximum absolute atomic E-state index is 14.3. The molecule has 0 bridgehead atoms. The molecular weight excluding hydrogens is 481 g/mol. The number of fused-ring (bicyclic) bond motifs is 1. The predicted octanol–water partition coefficient (Wildman–Crippen LogP) is 4.02. The Bertz CT molecular complexity index is 1090. The van der Waals surface area contributed by atoms with Crippen LogP contribution in [0.25, 0.3) is 0 Å². The van der Waals surface area contributed by atoms with Crippen molar-refractivity contribution in [3.8, 4) is 0 Å². The molecule has 3 atom stereocenters. The van der Waals surface area contributed by atoms with Crippen LogP contribution in [0.1, 0.15) is 73.8 Å². The van der Waals surface area contributed by atoms with Gasteiger partial charge in [0.1, 0.15) is 18.0 Å². The Morgan fingerprint density at radius 3 is 2.69 bits per heavy atom. The van der Waals surface area contributed by atoms with E-state index < -0.39 is 17.8 Å². The summed E-state index contributed by atoms with van der Waals surface area (Å²) < 4.78 is 14.3. The van der Waals surface area contributed by atoms with Gasteiger partial charge in [0.2, 0.25) is 5.91 Å². The van der Waals surface area contributed by atoms with Crippen LogP contribution in [0.2, 0.25) is 5.02 Å². The molecule has 9 heteroatoms. The second-order valence-corrected chi connectivity index (χ2v) is 10.9. The number of halogens is 2. The first-order valence-electron chi connectivity index (χ1n) is 13.1. The summed E-state index contributed by atoms with van der Waals surface area (Å²) in [6, 6.07) is 4.69. The van der Waals surface area contributed by atoms with Crippen molar-refractivity contribution in [2.45, 2.75) is 57.0 Å². The molecule has 2 aromatic rings. The maximum atomic E-state index is 14.3. The summed E-state index contributed by atoms with van der Waals surface area (Å²) in [4.78, 5) is 26.6. The zero-order valence-corrected chi connectivity index (χ0v) is 21.6. The van der Waals surface area contributed by atoms with Crippen molar-refractivity contribution in [2.24, 2.45) is 5.92 Å². The first-order chi connectivity index (χ1) is 17.4. The van der Waals surface area contributed by atoms with Gasteiger partial charge in [0.25, 0.3) is 0 Å². The molecule has 5 rings (SSSR count). The monoisotopic (exact) mass is 515 g/mol. The second kappa shape index (κ2) is 11.0. The first-order valence-corrected chi connectivity index (χ1v) is 13.5. The summed E-state index contributed by atoms with van der Waals surface area (Å²) in [6.07, 6.45) is 6.64. The lowest BCUT2D eigenvalue weighted by Crippen LogP contribution is -2.51. The zero-order chi connectivity index (χ0) is 25.2. The number of nitrogens with one attached hydrogen (secondary N) is 1. The fourth-order valence-electron chi connectivity index (χ4n) is 6.04. The first kappa shape index (κ1) is 25.4. The van der Waals surface area contributed by atoms with E-state index in [1.165, 1.54) is 44.1 Å². The SMILES string of the molecule is C[C@@H]1C[C@@H](O)c2ncnc(N3CCN(C(=O)C(CNCC4CCCC4)c4ccc(Cl)c(F)c4)CC3)c21. The molecule has 2 fully saturated rings. The highest BCUT2D eigenvalue weighted by atomic mass is 35.5. The molecule has 1 aliphatic heterocycles. The minimum Gasteiger partial charge on any atom is -0.387 e. The molecule has 1 amide bonds. The average Bonchev–Trinajstić information content (AvgIpc) is 3.51.